The van der Waals surface area contributed by atoms with E-state index >= 15 is 0 Å². The lowest BCUT2D eigenvalue weighted by Gasteiger charge is -2.04. The predicted octanol–water partition coefficient (Wildman–Crippen LogP) is 5.69. The van der Waals surface area contributed by atoms with Crippen molar-refractivity contribution < 1.29 is 0 Å². The van der Waals surface area contributed by atoms with E-state index in [0.29, 0.717) is 10.0 Å². The zero-order chi connectivity index (χ0) is 14.3. The lowest BCUT2D eigenvalue weighted by atomic mass is 10.1. The number of anilines is 1. The molecule has 0 aliphatic rings. The fourth-order valence-corrected chi connectivity index (χ4v) is 3.96. The van der Waals surface area contributed by atoms with Gasteiger partial charge in [0.25, 0.3) is 0 Å². The monoisotopic (exact) mass is 321 g/mol. The van der Waals surface area contributed by atoms with Gasteiger partial charge in [-0.2, -0.15) is 0 Å². The van der Waals surface area contributed by atoms with Crippen molar-refractivity contribution in [3.8, 4) is 0 Å². The lowest BCUT2D eigenvalue weighted by molar-refractivity contribution is 1.25. The topological polar surface area (TPSA) is 26.0 Å². The smallest absolute Gasteiger partial charge is 0.0538 e. The van der Waals surface area contributed by atoms with E-state index in [-0.39, 0.29) is 0 Å². The van der Waals surface area contributed by atoms with Crippen LogP contribution in [0.2, 0.25) is 10.0 Å². The van der Waals surface area contributed by atoms with Crippen molar-refractivity contribution in [2.24, 2.45) is 0 Å². The van der Waals surface area contributed by atoms with Gasteiger partial charge < -0.3 is 5.73 Å². The Labute approximate surface area is 131 Å². The van der Waals surface area contributed by atoms with Crippen LogP contribution in [0.4, 0.5) is 5.69 Å². The second kappa shape index (κ2) is 5.28. The molecule has 4 heteroatoms. The molecule has 0 spiro atoms. The lowest BCUT2D eigenvalue weighted by Crippen LogP contribution is -1.92. The summed E-state index contributed by atoms with van der Waals surface area (Å²) in [7, 11) is 0. The highest BCUT2D eigenvalue weighted by Gasteiger charge is 2.11. The third-order valence-corrected chi connectivity index (χ3v) is 5.08. The van der Waals surface area contributed by atoms with Crippen LogP contribution < -0.4 is 5.73 Å². The first-order valence-corrected chi connectivity index (χ1v) is 7.83. The third-order valence-electron chi connectivity index (χ3n) is 3.33. The Bertz CT molecular complexity index is 793. The molecule has 20 heavy (non-hydrogen) atoms. The first kappa shape index (κ1) is 13.7. The van der Waals surface area contributed by atoms with Crippen LogP contribution >= 0.6 is 34.5 Å². The fourth-order valence-electron chi connectivity index (χ4n) is 2.24. The van der Waals surface area contributed by atoms with Gasteiger partial charge in [0, 0.05) is 31.4 Å². The van der Waals surface area contributed by atoms with Crippen molar-refractivity contribution in [2.45, 2.75) is 13.3 Å². The van der Waals surface area contributed by atoms with Crippen LogP contribution in [-0.4, -0.2) is 0 Å². The van der Waals surface area contributed by atoms with E-state index in [1.807, 2.05) is 12.1 Å². The molecule has 2 aromatic carbocycles. The maximum absolute atomic E-state index is 6.26. The van der Waals surface area contributed by atoms with Crippen LogP contribution in [0.5, 0.6) is 0 Å². The van der Waals surface area contributed by atoms with E-state index in [9.17, 15) is 0 Å². The number of thiophene rings is 1. The molecule has 0 radical (unpaired) electrons. The van der Waals surface area contributed by atoms with Crippen LogP contribution in [0.15, 0.2) is 36.4 Å². The van der Waals surface area contributed by atoms with Gasteiger partial charge in [-0.25, -0.2) is 0 Å². The Balaban J connectivity index is 2.04. The van der Waals surface area contributed by atoms with Gasteiger partial charge in [0.15, 0.2) is 0 Å². The minimum absolute atomic E-state index is 0.652. The largest absolute Gasteiger partial charge is 0.397 e. The third kappa shape index (κ3) is 2.51. The first-order chi connectivity index (χ1) is 9.54. The number of hydrogen-bond acceptors (Lipinski definition) is 2. The second-order valence-corrected chi connectivity index (χ2v) is 6.83. The normalized spacial score (nSPS) is 11.2. The summed E-state index contributed by atoms with van der Waals surface area (Å²) in [5, 5.41) is 2.46. The van der Waals surface area contributed by atoms with E-state index in [1.54, 1.807) is 17.4 Å². The minimum Gasteiger partial charge on any atom is -0.397 e. The summed E-state index contributed by atoms with van der Waals surface area (Å²) in [5.74, 6) is 0. The van der Waals surface area contributed by atoms with E-state index in [1.165, 1.54) is 10.3 Å². The molecule has 0 saturated heterocycles. The average Bonchev–Trinajstić information content (AvgIpc) is 2.69. The van der Waals surface area contributed by atoms with Gasteiger partial charge in [0.1, 0.15) is 0 Å². The molecule has 0 bridgehead atoms. The highest BCUT2D eigenvalue weighted by atomic mass is 35.5. The van der Waals surface area contributed by atoms with E-state index in [2.05, 4.69) is 25.1 Å². The Hall–Kier alpha value is -1.22. The second-order valence-electron chi connectivity index (χ2n) is 4.85. The van der Waals surface area contributed by atoms with E-state index in [4.69, 9.17) is 28.9 Å². The van der Waals surface area contributed by atoms with Gasteiger partial charge in [0.2, 0.25) is 0 Å². The number of halogens is 2. The molecule has 2 N–H and O–H groups in total. The number of benzene rings is 2. The van der Waals surface area contributed by atoms with E-state index < -0.39 is 0 Å². The summed E-state index contributed by atoms with van der Waals surface area (Å²) in [4.78, 5) is 1.15. The van der Waals surface area contributed by atoms with Crippen molar-refractivity contribution in [3.05, 3.63) is 62.4 Å². The number of aryl methyl sites for hydroxylation is 1. The average molecular weight is 322 g/mol. The first-order valence-electron chi connectivity index (χ1n) is 6.26. The molecular weight excluding hydrogens is 309 g/mol. The Morgan fingerprint density at radius 3 is 2.65 bits per heavy atom. The van der Waals surface area contributed by atoms with Crippen molar-refractivity contribution in [2.75, 3.05) is 5.73 Å². The highest BCUT2D eigenvalue weighted by Crippen LogP contribution is 2.36. The van der Waals surface area contributed by atoms with Gasteiger partial charge in [-0.1, -0.05) is 41.4 Å². The molecule has 3 aromatic rings. The van der Waals surface area contributed by atoms with Gasteiger partial charge in [-0.3, -0.25) is 0 Å². The van der Waals surface area contributed by atoms with Gasteiger partial charge in [-0.05, 0) is 36.2 Å². The molecule has 0 fully saturated rings. The van der Waals surface area contributed by atoms with Gasteiger partial charge in [0.05, 0.1) is 5.69 Å². The van der Waals surface area contributed by atoms with Crippen molar-refractivity contribution in [1.82, 2.24) is 0 Å². The summed E-state index contributed by atoms with van der Waals surface area (Å²) < 4.78 is 1.22. The predicted molar refractivity (Wildman–Crippen MR) is 90.2 cm³/mol. The Kier molecular flexibility index (Phi) is 3.63. The SMILES string of the molecule is Cc1ccc2c(N)c(Cc3ccc(Cl)cc3Cl)sc2c1. The highest BCUT2D eigenvalue weighted by molar-refractivity contribution is 7.19. The molecular formula is C16H13Cl2NS. The number of nitrogen functional groups attached to an aromatic ring is 1. The zero-order valence-corrected chi connectivity index (χ0v) is 13.2. The maximum atomic E-state index is 6.26. The molecule has 0 amide bonds. The zero-order valence-electron chi connectivity index (χ0n) is 10.9. The van der Waals surface area contributed by atoms with Crippen LogP contribution in [0.3, 0.4) is 0 Å². The molecule has 3 rings (SSSR count). The van der Waals surface area contributed by atoms with E-state index in [0.717, 1.165) is 27.9 Å². The van der Waals surface area contributed by atoms with Crippen LogP contribution in [0, 0.1) is 6.92 Å². The minimum atomic E-state index is 0.652. The summed E-state index contributed by atoms with van der Waals surface area (Å²) in [5.41, 5.74) is 9.41. The molecule has 1 heterocycles. The standard InChI is InChI=1S/C16H13Cl2NS/c1-9-2-5-12-14(6-9)20-15(16(12)19)7-10-3-4-11(17)8-13(10)18/h2-6,8H,7,19H2,1H3. The molecule has 0 aliphatic carbocycles. The van der Waals surface area contributed by atoms with Crippen molar-refractivity contribution in [1.29, 1.82) is 0 Å². The summed E-state index contributed by atoms with van der Waals surface area (Å²) in [6, 6.07) is 11.9. The fraction of sp³-hybridized carbons (Fsp3) is 0.125. The molecule has 1 aromatic heterocycles. The maximum Gasteiger partial charge on any atom is 0.0538 e. The number of nitrogens with two attached hydrogens (primary N) is 1. The van der Waals surface area contributed by atoms with Gasteiger partial charge >= 0.3 is 0 Å². The van der Waals surface area contributed by atoms with Crippen LogP contribution in [0.1, 0.15) is 16.0 Å². The Morgan fingerprint density at radius 2 is 1.90 bits per heavy atom. The summed E-state index contributed by atoms with van der Waals surface area (Å²) in [6.45, 7) is 2.09. The molecule has 0 saturated carbocycles. The van der Waals surface area contributed by atoms with Crippen molar-refractivity contribution >= 4 is 50.3 Å². The van der Waals surface area contributed by atoms with Gasteiger partial charge in [-0.15, -0.1) is 11.3 Å². The molecule has 0 atom stereocenters. The number of rotatable bonds is 2. The quantitative estimate of drug-likeness (QED) is 0.644. The Morgan fingerprint density at radius 1 is 1.10 bits per heavy atom. The molecule has 0 aliphatic heterocycles. The summed E-state index contributed by atoms with van der Waals surface area (Å²) in [6.07, 6.45) is 0.736. The van der Waals surface area contributed by atoms with Crippen molar-refractivity contribution in [3.63, 3.8) is 0 Å². The molecule has 102 valence electrons. The van der Waals surface area contributed by atoms with Crippen LogP contribution in [0.25, 0.3) is 10.1 Å². The number of fused-ring (bicyclic) bond motifs is 1. The summed E-state index contributed by atoms with van der Waals surface area (Å²) >= 11 is 13.9. The molecule has 1 nitrogen and oxygen atoms in total. The number of hydrogen-bond donors (Lipinski definition) is 1. The van der Waals surface area contributed by atoms with Crippen LogP contribution in [-0.2, 0) is 6.42 Å². The molecule has 0 unspecified atom stereocenters.